The van der Waals surface area contributed by atoms with Gasteiger partial charge in [0.25, 0.3) is 0 Å². The van der Waals surface area contributed by atoms with Gasteiger partial charge in [-0.1, -0.05) is 12.2 Å². The Bertz CT molecular complexity index is 575. The van der Waals surface area contributed by atoms with Crippen LogP contribution in [0.25, 0.3) is 6.08 Å². The van der Waals surface area contributed by atoms with E-state index in [1.807, 2.05) is 19.1 Å². The fourth-order valence-electron chi connectivity index (χ4n) is 2.59. The van der Waals surface area contributed by atoms with Crippen LogP contribution in [0.4, 0.5) is 0 Å². The first-order valence-electron chi connectivity index (χ1n) is 7.82. The molecule has 0 radical (unpaired) electrons. The van der Waals surface area contributed by atoms with Crippen LogP contribution in [-0.2, 0) is 4.74 Å². The average Bonchev–Trinajstić information content (AvgIpc) is 2.62. The van der Waals surface area contributed by atoms with Crippen molar-refractivity contribution in [2.75, 3.05) is 20.8 Å². The molecule has 0 bridgehead atoms. The molecule has 1 fully saturated rings. The molecule has 1 aromatic carbocycles. The lowest BCUT2D eigenvalue weighted by Gasteiger charge is -2.39. The van der Waals surface area contributed by atoms with Crippen molar-refractivity contribution in [3.05, 3.63) is 23.8 Å². The minimum atomic E-state index is -1.53. The topological polar surface area (TPSA) is 118 Å². The van der Waals surface area contributed by atoms with E-state index < -0.39 is 37.3 Å². The molecule has 8 heteroatoms. The molecule has 4 N–H and O–H groups in total. The summed E-state index contributed by atoms with van der Waals surface area (Å²) in [6.07, 6.45) is -3.21. The van der Waals surface area contributed by atoms with Crippen LogP contribution < -0.4 is 14.2 Å². The molecular formula is C17H24O8. The quantitative estimate of drug-likeness (QED) is 0.559. The zero-order chi connectivity index (χ0) is 18.6. The molecule has 5 unspecified atom stereocenters. The Kier molecular flexibility index (Phi) is 6.63. The molecule has 1 heterocycles. The number of allylic oxidation sites excluding steroid dienone is 1. The van der Waals surface area contributed by atoms with Gasteiger partial charge in [-0.25, -0.2) is 0 Å². The molecule has 0 aliphatic carbocycles. The highest BCUT2D eigenvalue weighted by atomic mass is 16.7. The molecule has 0 spiro atoms. The molecule has 1 aliphatic heterocycles. The first kappa shape index (κ1) is 19.5. The van der Waals surface area contributed by atoms with Crippen LogP contribution in [0.2, 0.25) is 0 Å². The second kappa shape index (κ2) is 8.50. The van der Waals surface area contributed by atoms with Gasteiger partial charge < -0.3 is 39.4 Å². The van der Waals surface area contributed by atoms with Gasteiger partial charge >= 0.3 is 0 Å². The van der Waals surface area contributed by atoms with Crippen LogP contribution >= 0.6 is 0 Å². The molecule has 2 rings (SSSR count). The fourth-order valence-corrected chi connectivity index (χ4v) is 2.59. The Labute approximate surface area is 145 Å². The van der Waals surface area contributed by atoms with Crippen LogP contribution in [-0.4, -0.2) is 72.0 Å². The van der Waals surface area contributed by atoms with E-state index in [0.717, 1.165) is 5.56 Å². The van der Waals surface area contributed by atoms with Crippen LogP contribution in [0.1, 0.15) is 12.5 Å². The highest BCUT2D eigenvalue weighted by Crippen LogP contribution is 2.40. The standard InChI is InChI=1S/C17H24O8/c1-4-5-9-6-10(22-2)16(11(7-9)23-3)25-17-15(21)14(20)13(19)12(8-18)24-17/h4-7,12-15,17-21H,8H2,1-3H3/b5-4+. The first-order chi connectivity index (χ1) is 12.0. The number of hydrogen-bond acceptors (Lipinski definition) is 8. The SMILES string of the molecule is C/C=C/c1cc(OC)c(OC2OC(CO)C(O)C(O)C2O)c(OC)c1. The van der Waals surface area contributed by atoms with E-state index >= 15 is 0 Å². The van der Waals surface area contributed by atoms with Crippen molar-refractivity contribution in [1.82, 2.24) is 0 Å². The largest absolute Gasteiger partial charge is 0.493 e. The summed E-state index contributed by atoms with van der Waals surface area (Å²) >= 11 is 0. The number of aliphatic hydroxyl groups excluding tert-OH is 4. The maximum atomic E-state index is 10.1. The summed E-state index contributed by atoms with van der Waals surface area (Å²) in [5.41, 5.74) is 0.817. The van der Waals surface area contributed by atoms with Gasteiger partial charge in [-0.2, -0.15) is 0 Å². The summed E-state index contributed by atoms with van der Waals surface area (Å²) in [5.74, 6) is 0.844. The number of aliphatic hydroxyl groups is 4. The number of benzene rings is 1. The molecule has 1 aromatic rings. The van der Waals surface area contributed by atoms with E-state index in [9.17, 15) is 20.4 Å². The highest BCUT2D eigenvalue weighted by Gasteiger charge is 2.45. The lowest BCUT2D eigenvalue weighted by atomic mass is 9.99. The summed E-state index contributed by atoms with van der Waals surface area (Å²) < 4.78 is 21.7. The van der Waals surface area contributed by atoms with Crippen molar-refractivity contribution < 1.29 is 39.4 Å². The van der Waals surface area contributed by atoms with Gasteiger partial charge in [0.15, 0.2) is 11.5 Å². The van der Waals surface area contributed by atoms with Crippen molar-refractivity contribution >= 4 is 6.08 Å². The predicted molar refractivity (Wildman–Crippen MR) is 88.6 cm³/mol. The molecule has 0 amide bonds. The lowest BCUT2D eigenvalue weighted by molar-refractivity contribution is -0.277. The van der Waals surface area contributed by atoms with Gasteiger partial charge in [-0.05, 0) is 24.6 Å². The van der Waals surface area contributed by atoms with E-state index in [4.69, 9.17) is 18.9 Å². The minimum Gasteiger partial charge on any atom is -0.493 e. The molecular weight excluding hydrogens is 332 g/mol. The molecule has 0 saturated carbocycles. The van der Waals surface area contributed by atoms with Crippen molar-refractivity contribution in [3.63, 3.8) is 0 Å². The van der Waals surface area contributed by atoms with Crippen molar-refractivity contribution in [3.8, 4) is 17.2 Å². The van der Waals surface area contributed by atoms with Gasteiger partial charge in [0.05, 0.1) is 20.8 Å². The molecule has 25 heavy (non-hydrogen) atoms. The summed E-state index contributed by atoms with van der Waals surface area (Å²) in [6, 6.07) is 3.42. The highest BCUT2D eigenvalue weighted by molar-refractivity contribution is 5.62. The summed E-state index contributed by atoms with van der Waals surface area (Å²) in [4.78, 5) is 0. The van der Waals surface area contributed by atoms with Crippen molar-refractivity contribution in [1.29, 1.82) is 0 Å². The molecule has 1 aliphatic rings. The van der Waals surface area contributed by atoms with Crippen molar-refractivity contribution in [2.45, 2.75) is 37.6 Å². The van der Waals surface area contributed by atoms with Gasteiger partial charge in [0.1, 0.15) is 24.4 Å². The Morgan fingerprint density at radius 2 is 1.64 bits per heavy atom. The zero-order valence-corrected chi connectivity index (χ0v) is 14.3. The van der Waals surface area contributed by atoms with Gasteiger partial charge in [0.2, 0.25) is 12.0 Å². The number of ether oxygens (including phenoxy) is 4. The van der Waals surface area contributed by atoms with E-state index in [0.29, 0.717) is 11.5 Å². The third-order valence-corrected chi connectivity index (χ3v) is 3.92. The van der Waals surface area contributed by atoms with E-state index in [1.165, 1.54) is 14.2 Å². The zero-order valence-electron chi connectivity index (χ0n) is 14.3. The Morgan fingerprint density at radius 1 is 1.04 bits per heavy atom. The Balaban J connectivity index is 2.34. The second-order valence-corrected chi connectivity index (χ2v) is 5.57. The monoisotopic (exact) mass is 356 g/mol. The third kappa shape index (κ3) is 4.05. The maximum absolute atomic E-state index is 10.1. The number of methoxy groups -OCH3 is 2. The summed E-state index contributed by atoms with van der Waals surface area (Å²) in [5, 5.41) is 39.1. The Hall–Kier alpha value is -1.84. The van der Waals surface area contributed by atoms with Crippen LogP contribution in [0, 0.1) is 0 Å². The number of hydrogen-bond donors (Lipinski definition) is 4. The third-order valence-electron chi connectivity index (χ3n) is 3.92. The lowest BCUT2D eigenvalue weighted by Crippen LogP contribution is -2.60. The van der Waals surface area contributed by atoms with Crippen LogP contribution in [0.5, 0.6) is 17.2 Å². The van der Waals surface area contributed by atoms with Crippen LogP contribution in [0.15, 0.2) is 18.2 Å². The molecule has 8 nitrogen and oxygen atoms in total. The average molecular weight is 356 g/mol. The minimum absolute atomic E-state index is 0.169. The second-order valence-electron chi connectivity index (χ2n) is 5.57. The summed E-state index contributed by atoms with van der Waals surface area (Å²) in [6.45, 7) is 1.33. The van der Waals surface area contributed by atoms with Crippen molar-refractivity contribution in [2.24, 2.45) is 0 Å². The summed E-state index contributed by atoms with van der Waals surface area (Å²) in [7, 11) is 2.91. The normalized spacial score (nSPS) is 29.6. The van der Waals surface area contributed by atoms with Crippen LogP contribution in [0.3, 0.4) is 0 Å². The number of rotatable bonds is 6. The molecule has 1 saturated heterocycles. The van der Waals surface area contributed by atoms with Gasteiger partial charge in [-0.15, -0.1) is 0 Å². The van der Waals surface area contributed by atoms with E-state index in [1.54, 1.807) is 12.1 Å². The predicted octanol–water partition coefficient (Wildman–Crippen LogP) is -0.0844. The molecule has 0 aromatic heterocycles. The Morgan fingerprint density at radius 3 is 2.12 bits per heavy atom. The van der Waals surface area contributed by atoms with Gasteiger partial charge in [0, 0.05) is 0 Å². The fraction of sp³-hybridized carbons (Fsp3) is 0.529. The molecule has 140 valence electrons. The van der Waals surface area contributed by atoms with Gasteiger partial charge in [-0.3, -0.25) is 0 Å². The van der Waals surface area contributed by atoms with E-state index in [-0.39, 0.29) is 5.75 Å². The van der Waals surface area contributed by atoms with E-state index in [2.05, 4.69) is 0 Å². The molecule has 5 atom stereocenters. The smallest absolute Gasteiger partial charge is 0.229 e. The maximum Gasteiger partial charge on any atom is 0.229 e. The first-order valence-corrected chi connectivity index (χ1v) is 7.82.